The third-order valence-electron chi connectivity index (χ3n) is 3.84. The number of halogens is 2. The van der Waals surface area contributed by atoms with E-state index in [1.807, 2.05) is 6.92 Å². The molecular weight excluding hydrogens is 453 g/mol. The smallest absolute Gasteiger partial charge is 0.255 e. The van der Waals surface area contributed by atoms with Gasteiger partial charge in [0.1, 0.15) is 4.90 Å². The highest BCUT2D eigenvalue weighted by molar-refractivity contribution is 7.89. The summed E-state index contributed by atoms with van der Waals surface area (Å²) in [5.74, 6) is 0.484. The van der Waals surface area contributed by atoms with Gasteiger partial charge < -0.3 is 9.47 Å². The van der Waals surface area contributed by atoms with E-state index >= 15 is 0 Å². The van der Waals surface area contributed by atoms with Crippen molar-refractivity contribution in [2.45, 2.75) is 11.8 Å². The van der Waals surface area contributed by atoms with Gasteiger partial charge in [0.15, 0.2) is 11.5 Å². The summed E-state index contributed by atoms with van der Waals surface area (Å²) >= 11 is 11.8. The molecule has 0 aliphatic rings. The molecule has 11 heteroatoms. The number of ether oxygens (including phenoxy) is 2. The zero-order valence-corrected chi connectivity index (χ0v) is 18.9. The maximum atomic E-state index is 12.6. The largest absolute Gasteiger partial charge is 0.493 e. The minimum Gasteiger partial charge on any atom is -0.493 e. The lowest BCUT2D eigenvalue weighted by atomic mass is 10.2. The number of rotatable bonds is 9. The van der Waals surface area contributed by atoms with Crippen molar-refractivity contribution in [1.29, 1.82) is 0 Å². The number of hydrogen-bond acceptors (Lipinski definition) is 6. The molecule has 0 radical (unpaired) electrons. The summed E-state index contributed by atoms with van der Waals surface area (Å²) in [6, 6.07) is 9.23. The Kier molecular flexibility index (Phi) is 8.48. The summed E-state index contributed by atoms with van der Waals surface area (Å²) in [5, 5.41) is 4.07. The molecule has 0 heterocycles. The molecule has 162 valence electrons. The second-order valence-electron chi connectivity index (χ2n) is 5.97. The van der Waals surface area contributed by atoms with Gasteiger partial charge in [-0.25, -0.2) is 13.8 Å². The number of methoxy groups -OCH3 is 1. The van der Waals surface area contributed by atoms with Crippen molar-refractivity contribution >= 4 is 45.3 Å². The van der Waals surface area contributed by atoms with E-state index in [2.05, 4.69) is 10.5 Å². The van der Waals surface area contributed by atoms with Gasteiger partial charge in [-0.3, -0.25) is 4.79 Å². The van der Waals surface area contributed by atoms with E-state index in [-0.39, 0.29) is 14.9 Å². The Hall–Kier alpha value is -2.33. The third kappa shape index (κ3) is 6.09. The highest BCUT2D eigenvalue weighted by atomic mass is 35.5. The van der Waals surface area contributed by atoms with Crippen LogP contribution in [0.2, 0.25) is 10.0 Å². The average molecular weight is 474 g/mol. The summed E-state index contributed by atoms with van der Waals surface area (Å²) in [7, 11) is -1.24. The first-order valence-corrected chi connectivity index (χ1v) is 10.9. The van der Waals surface area contributed by atoms with Gasteiger partial charge in [0.05, 0.1) is 31.5 Å². The number of benzene rings is 2. The van der Waals surface area contributed by atoms with E-state index in [9.17, 15) is 13.2 Å². The lowest BCUT2D eigenvalue weighted by Gasteiger charge is -2.17. The average Bonchev–Trinajstić information content (AvgIpc) is 2.70. The van der Waals surface area contributed by atoms with Crippen molar-refractivity contribution in [1.82, 2.24) is 9.73 Å². The van der Waals surface area contributed by atoms with Gasteiger partial charge in [-0.2, -0.15) is 9.41 Å². The van der Waals surface area contributed by atoms with Crippen molar-refractivity contribution in [3.63, 3.8) is 0 Å². The molecule has 2 aromatic carbocycles. The van der Waals surface area contributed by atoms with Gasteiger partial charge in [0.2, 0.25) is 10.0 Å². The lowest BCUT2D eigenvalue weighted by molar-refractivity contribution is -0.121. The van der Waals surface area contributed by atoms with E-state index in [1.54, 1.807) is 18.2 Å². The molecular formula is C19H21Cl2N3O5S. The SMILES string of the molecule is CCOc1ccc(/C=N\NC(=O)CN(C)S(=O)(=O)c2cc(Cl)ccc2Cl)cc1OC. The number of carbonyl (C=O) groups is 1. The second kappa shape index (κ2) is 10.6. The fraction of sp³-hybridized carbons (Fsp3) is 0.263. The molecule has 0 aliphatic carbocycles. The Bertz CT molecular complexity index is 1040. The Balaban J connectivity index is 2.02. The number of nitrogens with zero attached hydrogens (tertiary/aromatic N) is 2. The number of sulfonamides is 1. The number of nitrogens with one attached hydrogen (secondary N) is 1. The second-order valence-corrected chi connectivity index (χ2v) is 8.83. The summed E-state index contributed by atoms with van der Waals surface area (Å²) in [6.07, 6.45) is 1.40. The van der Waals surface area contributed by atoms with E-state index in [0.717, 1.165) is 4.31 Å². The molecule has 8 nitrogen and oxygen atoms in total. The van der Waals surface area contributed by atoms with Crippen molar-refractivity contribution < 1.29 is 22.7 Å². The molecule has 0 bridgehead atoms. The molecule has 0 atom stereocenters. The predicted molar refractivity (Wildman–Crippen MR) is 116 cm³/mol. The predicted octanol–water partition coefficient (Wildman–Crippen LogP) is 3.17. The molecule has 1 amide bonds. The molecule has 0 unspecified atom stereocenters. The van der Waals surface area contributed by atoms with Crippen molar-refractivity contribution in [2.75, 3.05) is 27.3 Å². The van der Waals surface area contributed by atoms with E-state index in [1.165, 1.54) is 38.6 Å². The van der Waals surface area contributed by atoms with Gasteiger partial charge in [-0.15, -0.1) is 0 Å². The van der Waals surface area contributed by atoms with Crippen LogP contribution in [0.25, 0.3) is 0 Å². The van der Waals surface area contributed by atoms with Crippen LogP contribution in [0.3, 0.4) is 0 Å². The lowest BCUT2D eigenvalue weighted by Crippen LogP contribution is -2.36. The zero-order chi connectivity index (χ0) is 22.3. The van der Waals surface area contributed by atoms with Crippen LogP contribution in [-0.4, -0.2) is 52.2 Å². The minimum atomic E-state index is -4.01. The topological polar surface area (TPSA) is 97.3 Å². The molecule has 0 aromatic heterocycles. The minimum absolute atomic E-state index is 0.00845. The monoisotopic (exact) mass is 473 g/mol. The van der Waals surface area contributed by atoms with Gasteiger partial charge in [-0.1, -0.05) is 23.2 Å². The first-order valence-electron chi connectivity index (χ1n) is 8.73. The summed E-state index contributed by atoms with van der Waals surface area (Å²) < 4.78 is 36.8. The third-order valence-corrected chi connectivity index (χ3v) is 6.36. The summed E-state index contributed by atoms with van der Waals surface area (Å²) in [6.45, 7) is 1.90. The van der Waals surface area contributed by atoms with Crippen LogP contribution in [0, 0.1) is 0 Å². The van der Waals surface area contributed by atoms with Crippen LogP contribution >= 0.6 is 23.2 Å². The van der Waals surface area contributed by atoms with Crippen molar-refractivity contribution in [3.8, 4) is 11.5 Å². The summed E-state index contributed by atoms with van der Waals surface area (Å²) in [4.78, 5) is 11.9. The first-order chi connectivity index (χ1) is 14.2. The van der Waals surface area contributed by atoms with Crippen LogP contribution in [0.1, 0.15) is 12.5 Å². The quantitative estimate of drug-likeness (QED) is 0.445. The molecule has 30 heavy (non-hydrogen) atoms. The molecule has 2 aromatic rings. The van der Waals surface area contributed by atoms with Crippen molar-refractivity contribution in [2.24, 2.45) is 5.10 Å². The number of carbonyl (C=O) groups excluding carboxylic acids is 1. The number of hydrazone groups is 1. The Morgan fingerprint density at radius 3 is 2.60 bits per heavy atom. The van der Waals surface area contributed by atoms with Crippen LogP contribution in [0.5, 0.6) is 11.5 Å². The van der Waals surface area contributed by atoms with Gasteiger partial charge in [0, 0.05) is 12.1 Å². The van der Waals surface area contributed by atoms with Gasteiger partial charge in [-0.05, 0) is 48.9 Å². The van der Waals surface area contributed by atoms with Crippen molar-refractivity contribution in [3.05, 3.63) is 52.0 Å². The number of likely N-dealkylation sites (N-methyl/N-ethyl adjacent to an activating group) is 1. The molecule has 1 N–H and O–H groups in total. The normalized spacial score (nSPS) is 11.7. The molecule has 2 rings (SSSR count). The van der Waals surface area contributed by atoms with Crippen LogP contribution in [0.4, 0.5) is 0 Å². The van der Waals surface area contributed by atoms with Crippen LogP contribution in [0.15, 0.2) is 46.4 Å². The molecule has 0 fully saturated rings. The highest BCUT2D eigenvalue weighted by Crippen LogP contribution is 2.28. The molecule has 0 saturated heterocycles. The maximum absolute atomic E-state index is 12.6. The maximum Gasteiger partial charge on any atom is 0.255 e. The Morgan fingerprint density at radius 1 is 1.20 bits per heavy atom. The van der Waals surface area contributed by atoms with E-state index in [0.29, 0.717) is 23.7 Å². The van der Waals surface area contributed by atoms with E-state index < -0.39 is 22.5 Å². The van der Waals surface area contributed by atoms with Gasteiger partial charge in [0.25, 0.3) is 5.91 Å². The highest BCUT2D eigenvalue weighted by Gasteiger charge is 2.25. The first kappa shape index (κ1) is 23.9. The van der Waals surface area contributed by atoms with Crippen LogP contribution in [-0.2, 0) is 14.8 Å². The standard InChI is InChI=1S/C19H21Cl2N3O5S/c1-4-29-16-8-5-13(9-17(16)28-3)11-22-23-19(25)12-24(2)30(26,27)18-10-14(20)6-7-15(18)21/h5-11H,4,12H2,1-3H3,(H,23,25)/b22-11-. The number of hydrogen-bond donors (Lipinski definition) is 1. The zero-order valence-electron chi connectivity index (χ0n) is 16.6. The molecule has 0 saturated carbocycles. The molecule has 0 aliphatic heterocycles. The van der Waals surface area contributed by atoms with Gasteiger partial charge >= 0.3 is 0 Å². The fourth-order valence-corrected chi connectivity index (χ4v) is 4.24. The Labute approximate surface area is 185 Å². The number of amides is 1. The Morgan fingerprint density at radius 2 is 1.93 bits per heavy atom. The van der Waals surface area contributed by atoms with Crippen LogP contribution < -0.4 is 14.9 Å². The fourth-order valence-electron chi connectivity index (χ4n) is 2.38. The van der Waals surface area contributed by atoms with E-state index in [4.69, 9.17) is 32.7 Å². The summed E-state index contributed by atoms with van der Waals surface area (Å²) in [5.41, 5.74) is 2.94. The molecule has 0 spiro atoms.